The van der Waals surface area contributed by atoms with Crippen LogP contribution < -0.4 is 10.9 Å². The second kappa shape index (κ2) is 6.71. The Balaban J connectivity index is 2.34. The summed E-state index contributed by atoms with van der Waals surface area (Å²) < 4.78 is 4.95. The second-order valence-corrected chi connectivity index (χ2v) is 4.58. The minimum Gasteiger partial charge on any atom is -0.462 e. The van der Waals surface area contributed by atoms with Crippen molar-refractivity contribution < 1.29 is 14.3 Å². The number of rotatable bonds is 4. The Bertz CT molecular complexity index is 765. The summed E-state index contributed by atoms with van der Waals surface area (Å²) in [6.07, 6.45) is 1.47. The molecule has 0 aliphatic rings. The van der Waals surface area contributed by atoms with Crippen molar-refractivity contribution in [2.75, 3.05) is 11.9 Å². The van der Waals surface area contributed by atoms with Crippen LogP contribution in [0.3, 0.4) is 0 Å². The highest BCUT2D eigenvalue weighted by Crippen LogP contribution is 2.17. The number of aromatic amines is 1. The standard InChI is InChI=1S/C16H16N2O4/c1-3-22-16(21)11-6-4-5-7-12(11)18-15(20)13-10(2)8-9-17-14(13)19/h4-9H,3H2,1-2H3,(H,17,19)(H,18,20). The average Bonchev–Trinajstić information content (AvgIpc) is 2.47. The molecule has 1 aromatic carbocycles. The number of hydrogen-bond donors (Lipinski definition) is 2. The summed E-state index contributed by atoms with van der Waals surface area (Å²) in [6, 6.07) is 8.11. The average molecular weight is 300 g/mol. The Morgan fingerprint density at radius 3 is 2.64 bits per heavy atom. The number of pyridine rings is 1. The zero-order chi connectivity index (χ0) is 16.1. The van der Waals surface area contributed by atoms with E-state index in [0.29, 0.717) is 11.3 Å². The molecule has 0 bridgehead atoms. The van der Waals surface area contributed by atoms with Crippen LogP contribution in [0.1, 0.15) is 33.2 Å². The zero-order valence-electron chi connectivity index (χ0n) is 12.3. The van der Waals surface area contributed by atoms with Crippen molar-refractivity contribution in [1.29, 1.82) is 0 Å². The fourth-order valence-electron chi connectivity index (χ4n) is 2.02. The molecule has 1 aromatic heterocycles. The molecule has 1 amide bonds. The minimum atomic E-state index is -0.573. The lowest BCUT2D eigenvalue weighted by Gasteiger charge is -2.10. The minimum absolute atomic E-state index is 0.0150. The van der Waals surface area contributed by atoms with Gasteiger partial charge in [0.15, 0.2) is 0 Å². The van der Waals surface area contributed by atoms with Gasteiger partial charge in [0, 0.05) is 6.20 Å². The van der Waals surface area contributed by atoms with Gasteiger partial charge >= 0.3 is 5.97 Å². The zero-order valence-corrected chi connectivity index (χ0v) is 12.3. The Morgan fingerprint density at radius 1 is 1.23 bits per heavy atom. The van der Waals surface area contributed by atoms with Gasteiger partial charge in [0.05, 0.1) is 17.9 Å². The van der Waals surface area contributed by atoms with E-state index in [-0.39, 0.29) is 17.7 Å². The number of anilines is 1. The second-order valence-electron chi connectivity index (χ2n) is 4.58. The third-order valence-corrected chi connectivity index (χ3v) is 3.07. The number of carbonyl (C=O) groups is 2. The van der Waals surface area contributed by atoms with Gasteiger partial charge in [-0.25, -0.2) is 4.79 Å². The van der Waals surface area contributed by atoms with E-state index in [2.05, 4.69) is 10.3 Å². The van der Waals surface area contributed by atoms with Crippen LogP contribution in [-0.2, 0) is 4.74 Å². The molecule has 0 fully saturated rings. The molecule has 0 spiro atoms. The lowest BCUT2D eigenvalue weighted by Crippen LogP contribution is -2.25. The van der Waals surface area contributed by atoms with Crippen molar-refractivity contribution in [3.05, 3.63) is 63.6 Å². The van der Waals surface area contributed by atoms with Crippen LogP contribution in [0.2, 0.25) is 0 Å². The highest BCUT2D eigenvalue weighted by molar-refractivity contribution is 6.08. The molecule has 0 saturated carbocycles. The van der Waals surface area contributed by atoms with Gasteiger partial charge in [-0.05, 0) is 37.6 Å². The number of benzene rings is 1. The molecule has 2 N–H and O–H groups in total. The third-order valence-electron chi connectivity index (χ3n) is 3.07. The van der Waals surface area contributed by atoms with Crippen LogP contribution in [0, 0.1) is 6.92 Å². The summed E-state index contributed by atoms with van der Waals surface area (Å²) in [7, 11) is 0. The van der Waals surface area contributed by atoms with Gasteiger partial charge in [0.1, 0.15) is 5.56 Å². The maximum Gasteiger partial charge on any atom is 0.340 e. The molecule has 1 heterocycles. The number of para-hydroxylation sites is 1. The van der Waals surface area contributed by atoms with E-state index in [4.69, 9.17) is 4.74 Å². The van der Waals surface area contributed by atoms with Gasteiger partial charge in [-0.15, -0.1) is 0 Å². The number of ether oxygens (including phenoxy) is 1. The maximum atomic E-state index is 12.3. The lowest BCUT2D eigenvalue weighted by molar-refractivity contribution is 0.0527. The molecule has 0 aliphatic heterocycles. The van der Waals surface area contributed by atoms with Crippen molar-refractivity contribution >= 4 is 17.6 Å². The number of H-pyrrole nitrogens is 1. The number of amides is 1. The van der Waals surface area contributed by atoms with Crippen molar-refractivity contribution in [2.45, 2.75) is 13.8 Å². The van der Waals surface area contributed by atoms with E-state index in [1.54, 1.807) is 44.2 Å². The third kappa shape index (κ3) is 3.22. The van der Waals surface area contributed by atoms with Crippen LogP contribution in [-0.4, -0.2) is 23.5 Å². The summed E-state index contributed by atoms with van der Waals surface area (Å²) in [6.45, 7) is 3.60. The summed E-state index contributed by atoms with van der Waals surface area (Å²) in [4.78, 5) is 38.4. The molecule has 6 heteroatoms. The first-order valence-electron chi connectivity index (χ1n) is 6.80. The Morgan fingerprint density at radius 2 is 1.95 bits per heavy atom. The van der Waals surface area contributed by atoms with Crippen molar-refractivity contribution in [2.24, 2.45) is 0 Å². The van der Waals surface area contributed by atoms with E-state index in [1.165, 1.54) is 6.20 Å². The summed E-state index contributed by atoms with van der Waals surface area (Å²) in [5.41, 5.74) is 0.624. The van der Waals surface area contributed by atoms with Crippen LogP contribution in [0.15, 0.2) is 41.3 Å². The molecule has 114 valence electrons. The maximum absolute atomic E-state index is 12.3. The monoisotopic (exact) mass is 300 g/mol. The number of hydrogen-bond acceptors (Lipinski definition) is 4. The fraction of sp³-hybridized carbons (Fsp3) is 0.188. The molecule has 0 atom stereocenters. The van der Waals surface area contributed by atoms with Gasteiger partial charge < -0.3 is 15.0 Å². The van der Waals surface area contributed by atoms with Crippen LogP contribution >= 0.6 is 0 Å². The van der Waals surface area contributed by atoms with Gasteiger partial charge in [0.2, 0.25) is 0 Å². The van der Waals surface area contributed by atoms with Gasteiger partial charge in [0.25, 0.3) is 11.5 Å². The quantitative estimate of drug-likeness (QED) is 0.846. The van der Waals surface area contributed by atoms with Gasteiger partial charge in [-0.2, -0.15) is 0 Å². The van der Waals surface area contributed by atoms with Crippen molar-refractivity contribution in [1.82, 2.24) is 4.98 Å². The summed E-state index contributed by atoms with van der Waals surface area (Å²) in [5, 5.41) is 2.59. The first-order valence-corrected chi connectivity index (χ1v) is 6.80. The van der Waals surface area contributed by atoms with E-state index in [9.17, 15) is 14.4 Å². The van der Waals surface area contributed by atoms with Crippen molar-refractivity contribution in [3.63, 3.8) is 0 Å². The highest BCUT2D eigenvalue weighted by atomic mass is 16.5. The van der Waals surface area contributed by atoms with Gasteiger partial charge in [-0.3, -0.25) is 9.59 Å². The summed E-state index contributed by atoms with van der Waals surface area (Å²) >= 11 is 0. The molecular formula is C16H16N2O4. The molecule has 0 unspecified atom stereocenters. The molecular weight excluding hydrogens is 284 g/mol. The first-order chi connectivity index (χ1) is 10.5. The number of nitrogens with one attached hydrogen (secondary N) is 2. The molecule has 0 saturated heterocycles. The molecule has 22 heavy (non-hydrogen) atoms. The highest BCUT2D eigenvalue weighted by Gasteiger charge is 2.17. The van der Waals surface area contributed by atoms with Crippen LogP contribution in [0.4, 0.5) is 5.69 Å². The smallest absolute Gasteiger partial charge is 0.340 e. The molecule has 0 aliphatic carbocycles. The predicted octanol–water partition coefficient (Wildman–Crippen LogP) is 2.11. The topological polar surface area (TPSA) is 88.3 Å². The van der Waals surface area contributed by atoms with Crippen molar-refractivity contribution in [3.8, 4) is 0 Å². The molecule has 2 rings (SSSR count). The SMILES string of the molecule is CCOC(=O)c1ccccc1NC(=O)c1c(C)cc[nH]c1=O. The molecule has 6 nitrogen and oxygen atoms in total. The van der Waals surface area contributed by atoms with Gasteiger partial charge in [-0.1, -0.05) is 12.1 Å². The largest absolute Gasteiger partial charge is 0.462 e. The fourth-order valence-corrected chi connectivity index (χ4v) is 2.02. The first kappa shape index (κ1) is 15.5. The van der Waals surface area contributed by atoms with E-state index < -0.39 is 17.4 Å². The Kier molecular flexibility index (Phi) is 4.73. The number of carbonyl (C=O) groups excluding carboxylic acids is 2. The molecule has 0 radical (unpaired) electrons. The van der Waals surface area contributed by atoms with E-state index in [1.807, 2.05) is 0 Å². The van der Waals surface area contributed by atoms with E-state index in [0.717, 1.165) is 0 Å². The number of aryl methyl sites for hydroxylation is 1. The van der Waals surface area contributed by atoms with Crippen LogP contribution in [0.25, 0.3) is 0 Å². The number of esters is 1. The molecule has 2 aromatic rings. The van der Waals surface area contributed by atoms with Crippen LogP contribution in [0.5, 0.6) is 0 Å². The lowest BCUT2D eigenvalue weighted by atomic mass is 10.1. The Labute approximate surface area is 127 Å². The predicted molar refractivity (Wildman–Crippen MR) is 82.2 cm³/mol. The normalized spacial score (nSPS) is 10.1. The number of aromatic nitrogens is 1. The summed E-state index contributed by atoms with van der Waals surface area (Å²) in [5.74, 6) is -1.10. The Hall–Kier alpha value is -2.89. The van der Waals surface area contributed by atoms with E-state index >= 15 is 0 Å².